The van der Waals surface area contributed by atoms with Gasteiger partial charge in [-0.1, -0.05) is 12.1 Å². The first-order valence-corrected chi connectivity index (χ1v) is 9.15. The summed E-state index contributed by atoms with van der Waals surface area (Å²) in [7, 11) is 5.64. The molecule has 0 saturated heterocycles. The van der Waals surface area contributed by atoms with Crippen LogP contribution in [0.2, 0.25) is 0 Å². The quantitative estimate of drug-likeness (QED) is 0.740. The number of rotatable bonds is 5. The number of carbonyl (C=O) groups excluding carboxylic acids is 1. The molecule has 0 radical (unpaired) electrons. The van der Waals surface area contributed by atoms with Crippen molar-refractivity contribution in [3.8, 4) is 5.75 Å². The van der Waals surface area contributed by atoms with Gasteiger partial charge in [0.15, 0.2) is 0 Å². The molecule has 1 amide bonds. The summed E-state index contributed by atoms with van der Waals surface area (Å²) in [5, 5.41) is 7.20. The number of fused-ring (bicyclic) bond motifs is 1. The molecule has 28 heavy (non-hydrogen) atoms. The summed E-state index contributed by atoms with van der Waals surface area (Å²) in [5.74, 6) is 0.824. The number of hydrogen-bond acceptors (Lipinski definition) is 5. The Morgan fingerprint density at radius 3 is 2.82 bits per heavy atom. The standard InChI is InChI=1S/C21H23N5O2/c1-25(2)16-5-6-17-18(10-21(27)24-19(17)9-16)14-4-7-20(28-3)15(8-14)11-26-13-22-12-23-26/h4-9,12-13,18H,10-11H2,1-3H3,(H,24,27). The van der Waals surface area contributed by atoms with Crippen LogP contribution in [-0.2, 0) is 11.3 Å². The van der Waals surface area contributed by atoms with Crippen molar-refractivity contribution >= 4 is 17.3 Å². The van der Waals surface area contributed by atoms with E-state index in [0.717, 1.165) is 33.8 Å². The van der Waals surface area contributed by atoms with E-state index in [1.807, 2.05) is 37.2 Å². The second-order valence-electron chi connectivity index (χ2n) is 7.14. The molecule has 3 aromatic rings. The van der Waals surface area contributed by atoms with Crippen LogP contribution < -0.4 is 15.0 Å². The van der Waals surface area contributed by atoms with Crippen molar-refractivity contribution in [2.24, 2.45) is 0 Å². The molecule has 1 N–H and O–H groups in total. The van der Waals surface area contributed by atoms with Gasteiger partial charge in [0.25, 0.3) is 0 Å². The van der Waals surface area contributed by atoms with Crippen molar-refractivity contribution in [1.82, 2.24) is 14.8 Å². The van der Waals surface area contributed by atoms with Crippen LogP contribution in [0.4, 0.5) is 11.4 Å². The van der Waals surface area contributed by atoms with Crippen LogP contribution in [0.25, 0.3) is 0 Å². The molecular weight excluding hydrogens is 354 g/mol. The van der Waals surface area contributed by atoms with Gasteiger partial charge in [0.1, 0.15) is 18.4 Å². The predicted octanol–water partition coefficient (Wildman–Crippen LogP) is 2.88. The van der Waals surface area contributed by atoms with Crippen molar-refractivity contribution < 1.29 is 9.53 Å². The van der Waals surface area contributed by atoms with Gasteiger partial charge in [-0.25, -0.2) is 9.67 Å². The van der Waals surface area contributed by atoms with Crippen LogP contribution in [0.15, 0.2) is 49.1 Å². The van der Waals surface area contributed by atoms with Crippen LogP contribution in [0.5, 0.6) is 5.75 Å². The predicted molar refractivity (Wildman–Crippen MR) is 108 cm³/mol. The maximum Gasteiger partial charge on any atom is 0.225 e. The third kappa shape index (κ3) is 3.43. The van der Waals surface area contributed by atoms with Crippen molar-refractivity contribution in [1.29, 1.82) is 0 Å². The number of carbonyl (C=O) groups is 1. The summed E-state index contributed by atoms with van der Waals surface area (Å²) in [5.41, 5.74) is 5.15. The zero-order valence-electron chi connectivity index (χ0n) is 16.2. The number of methoxy groups -OCH3 is 1. The molecule has 0 saturated carbocycles. The lowest BCUT2D eigenvalue weighted by molar-refractivity contribution is -0.116. The Labute approximate surface area is 164 Å². The molecule has 4 rings (SSSR count). The minimum atomic E-state index is 0.000338. The minimum Gasteiger partial charge on any atom is -0.496 e. The molecule has 2 aromatic carbocycles. The van der Waals surface area contributed by atoms with E-state index in [4.69, 9.17) is 4.74 Å². The SMILES string of the molecule is COc1ccc(C2CC(=O)Nc3cc(N(C)C)ccc32)cc1Cn1cncn1. The average Bonchev–Trinajstić information content (AvgIpc) is 3.19. The zero-order chi connectivity index (χ0) is 19.7. The number of amides is 1. The van der Waals surface area contributed by atoms with E-state index in [2.05, 4.69) is 33.6 Å². The molecule has 1 aromatic heterocycles. The van der Waals surface area contributed by atoms with Gasteiger partial charge in [-0.15, -0.1) is 0 Å². The van der Waals surface area contributed by atoms with Crippen LogP contribution in [0, 0.1) is 0 Å². The molecule has 144 valence electrons. The maximum atomic E-state index is 12.4. The molecule has 7 nitrogen and oxygen atoms in total. The highest BCUT2D eigenvalue weighted by Crippen LogP contribution is 2.39. The molecule has 0 aliphatic carbocycles. The number of anilines is 2. The second-order valence-corrected chi connectivity index (χ2v) is 7.14. The fraction of sp³-hybridized carbons (Fsp3) is 0.286. The summed E-state index contributed by atoms with van der Waals surface area (Å²) < 4.78 is 7.28. The lowest BCUT2D eigenvalue weighted by atomic mass is 9.84. The number of hydrogen-bond donors (Lipinski definition) is 1. The Kier molecular flexibility index (Phi) is 4.73. The van der Waals surface area contributed by atoms with Crippen molar-refractivity contribution in [2.45, 2.75) is 18.9 Å². The van der Waals surface area contributed by atoms with E-state index < -0.39 is 0 Å². The molecule has 1 atom stereocenters. The third-order valence-corrected chi connectivity index (χ3v) is 5.10. The van der Waals surface area contributed by atoms with Crippen molar-refractivity contribution in [2.75, 3.05) is 31.4 Å². The fourth-order valence-electron chi connectivity index (χ4n) is 3.66. The largest absolute Gasteiger partial charge is 0.496 e. The zero-order valence-corrected chi connectivity index (χ0v) is 16.2. The average molecular weight is 377 g/mol. The van der Waals surface area contributed by atoms with E-state index in [1.165, 1.54) is 6.33 Å². The molecule has 1 unspecified atom stereocenters. The van der Waals surface area contributed by atoms with Gasteiger partial charge < -0.3 is 15.0 Å². The first-order chi connectivity index (χ1) is 13.5. The summed E-state index contributed by atoms with van der Waals surface area (Å²) in [6.07, 6.45) is 3.61. The van der Waals surface area contributed by atoms with Gasteiger partial charge in [-0.3, -0.25) is 4.79 Å². The number of nitrogens with one attached hydrogen (secondary N) is 1. The molecule has 0 bridgehead atoms. The molecule has 1 aliphatic heterocycles. The highest BCUT2D eigenvalue weighted by atomic mass is 16.5. The molecule has 2 heterocycles. The summed E-state index contributed by atoms with van der Waals surface area (Å²) in [6, 6.07) is 12.3. The highest BCUT2D eigenvalue weighted by molar-refractivity contribution is 5.96. The Morgan fingerprint density at radius 2 is 2.11 bits per heavy atom. The van der Waals surface area contributed by atoms with Crippen LogP contribution in [0.3, 0.4) is 0 Å². The summed E-state index contributed by atoms with van der Waals surface area (Å²) >= 11 is 0. The van der Waals surface area contributed by atoms with Gasteiger partial charge >= 0.3 is 0 Å². The monoisotopic (exact) mass is 377 g/mol. The van der Waals surface area contributed by atoms with Crippen molar-refractivity contribution in [3.05, 3.63) is 65.7 Å². The first kappa shape index (κ1) is 18.0. The molecule has 7 heteroatoms. The van der Waals surface area contributed by atoms with Crippen molar-refractivity contribution in [3.63, 3.8) is 0 Å². The van der Waals surface area contributed by atoms with Gasteiger partial charge in [0.05, 0.1) is 13.7 Å². The number of nitrogens with zero attached hydrogens (tertiary/aromatic N) is 4. The van der Waals surface area contributed by atoms with Gasteiger partial charge in [-0.05, 0) is 35.4 Å². The topological polar surface area (TPSA) is 72.3 Å². The molecule has 0 fully saturated rings. The maximum absolute atomic E-state index is 12.4. The Hall–Kier alpha value is -3.35. The van der Waals surface area contributed by atoms with Crippen LogP contribution in [0.1, 0.15) is 29.0 Å². The number of benzene rings is 2. The van der Waals surface area contributed by atoms with E-state index in [-0.39, 0.29) is 11.8 Å². The molecule has 0 spiro atoms. The first-order valence-electron chi connectivity index (χ1n) is 9.15. The van der Waals surface area contributed by atoms with E-state index in [1.54, 1.807) is 18.1 Å². The minimum absolute atomic E-state index is 0.000338. The molecular formula is C21H23N5O2. The van der Waals surface area contributed by atoms with E-state index >= 15 is 0 Å². The van der Waals surface area contributed by atoms with Crippen LogP contribution in [-0.4, -0.2) is 41.9 Å². The second kappa shape index (κ2) is 7.34. The highest BCUT2D eigenvalue weighted by Gasteiger charge is 2.27. The van der Waals surface area contributed by atoms with E-state index in [0.29, 0.717) is 13.0 Å². The Morgan fingerprint density at radius 1 is 1.25 bits per heavy atom. The molecule has 1 aliphatic rings. The summed E-state index contributed by atoms with van der Waals surface area (Å²) in [6.45, 7) is 0.558. The van der Waals surface area contributed by atoms with E-state index in [9.17, 15) is 4.79 Å². The normalized spacial score (nSPS) is 15.7. The summed E-state index contributed by atoms with van der Waals surface area (Å²) in [4.78, 5) is 18.4. The fourth-order valence-corrected chi connectivity index (χ4v) is 3.66. The van der Waals surface area contributed by atoms with Gasteiger partial charge in [-0.2, -0.15) is 5.10 Å². The lowest BCUT2D eigenvalue weighted by Gasteiger charge is -2.28. The number of aromatic nitrogens is 3. The van der Waals surface area contributed by atoms with Gasteiger partial charge in [0, 0.05) is 43.4 Å². The third-order valence-electron chi connectivity index (χ3n) is 5.10. The Bertz CT molecular complexity index is 998. The number of ether oxygens (including phenoxy) is 1. The van der Waals surface area contributed by atoms with Crippen LogP contribution >= 0.6 is 0 Å². The Balaban J connectivity index is 1.74. The van der Waals surface area contributed by atoms with Gasteiger partial charge in [0.2, 0.25) is 5.91 Å². The lowest BCUT2D eigenvalue weighted by Crippen LogP contribution is -2.24. The smallest absolute Gasteiger partial charge is 0.225 e.